The Kier molecular flexibility index (Phi) is 7.41. The molecule has 0 saturated carbocycles. The summed E-state index contributed by atoms with van der Waals surface area (Å²) in [4.78, 5) is 13.0. The number of methoxy groups -OCH3 is 1. The second-order valence-electron chi connectivity index (χ2n) is 8.61. The Morgan fingerprint density at radius 3 is 2.26 bits per heavy atom. The van der Waals surface area contributed by atoms with E-state index in [0.29, 0.717) is 0 Å². The summed E-state index contributed by atoms with van der Waals surface area (Å²) in [5.74, 6) is -2.59. The van der Waals surface area contributed by atoms with E-state index in [1.165, 1.54) is 30.9 Å². The number of Topliss-reactive ketones (excluding diaryl/α,β-unsaturated/α-hetero) is 1. The van der Waals surface area contributed by atoms with Crippen LogP contribution in [0.4, 0.5) is 0 Å². The minimum absolute atomic E-state index is 0.111. The summed E-state index contributed by atoms with van der Waals surface area (Å²) in [6, 6.07) is 3.61. The Balaban J connectivity index is 1.92. The van der Waals surface area contributed by atoms with E-state index < -0.39 is 35.2 Å². The molecule has 0 spiro atoms. The van der Waals surface area contributed by atoms with Crippen LogP contribution in [0, 0.1) is 0 Å². The number of aliphatic hydroxyl groups excluding tert-OH is 1. The van der Waals surface area contributed by atoms with E-state index in [4.69, 9.17) is 9.47 Å². The molecule has 2 aromatic rings. The number of phenolic OH excluding ortho intramolecular Hbond substituents is 4. The maximum Gasteiger partial charge on any atom is 0.202 e. The number of phenols is 4. The van der Waals surface area contributed by atoms with Crippen molar-refractivity contribution in [2.45, 2.75) is 52.2 Å². The number of hydrogen-bond donors (Lipinski definition) is 5. The number of fused-ring (bicyclic) bond motifs is 1. The maximum atomic E-state index is 13.0. The Hall–Kier alpha value is -3.65. The molecule has 34 heavy (non-hydrogen) atoms. The molecule has 1 aliphatic rings. The van der Waals surface area contributed by atoms with Gasteiger partial charge in [0.1, 0.15) is 22.8 Å². The summed E-state index contributed by atoms with van der Waals surface area (Å²) in [5, 5.41) is 52.1. The molecule has 3 rings (SSSR count). The standard InChI is InChI=1S/C26H30O8/c1-13(2)6-5-7-14(3)8-9-16-17(27)12-20-21(22(16)30)23(31)24(32)25(34-20)15-10-18(28)26(33-4)19(29)11-15/h6,8,10-12,24-25,27-30,32H,5,7,9H2,1-4H3/b14-8+/t24-,25?/m0/s1. The van der Waals surface area contributed by atoms with Crippen molar-refractivity contribution in [1.29, 1.82) is 0 Å². The predicted molar refractivity (Wildman–Crippen MR) is 126 cm³/mol. The third-order valence-corrected chi connectivity index (χ3v) is 5.75. The fourth-order valence-electron chi connectivity index (χ4n) is 3.90. The normalized spacial score (nSPS) is 17.7. The SMILES string of the molecule is COc1c(O)cc(C2Oc3cc(O)c(C/C=C(\C)CCC=C(C)C)c(O)c3C(=O)[C@@H]2O)cc1O. The molecule has 0 radical (unpaired) electrons. The van der Waals surface area contributed by atoms with Crippen LogP contribution in [0.2, 0.25) is 0 Å². The van der Waals surface area contributed by atoms with Crippen molar-refractivity contribution in [2.75, 3.05) is 7.11 Å². The molecule has 0 aliphatic carbocycles. The number of hydrogen-bond acceptors (Lipinski definition) is 8. The van der Waals surface area contributed by atoms with Crippen molar-refractivity contribution in [1.82, 2.24) is 0 Å². The molecule has 0 amide bonds. The number of allylic oxidation sites excluding steroid dienone is 4. The minimum Gasteiger partial charge on any atom is -0.507 e. The van der Waals surface area contributed by atoms with E-state index in [1.54, 1.807) is 0 Å². The second-order valence-corrected chi connectivity index (χ2v) is 8.61. The van der Waals surface area contributed by atoms with Gasteiger partial charge in [-0.25, -0.2) is 0 Å². The molecule has 0 saturated heterocycles. The molecule has 0 bridgehead atoms. The molecular formula is C26H30O8. The zero-order chi connectivity index (χ0) is 25.2. The number of aliphatic hydroxyl groups is 1. The van der Waals surface area contributed by atoms with Crippen LogP contribution in [0.1, 0.15) is 61.2 Å². The zero-order valence-corrected chi connectivity index (χ0v) is 19.6. The highest BCUT2D eigenvalue weighted by Crippen LogP contribution is 2.46. The van der Waals surface area contributed by atoms with E-state index in [9.17, 15) is 30.3 Å². The van der Waals surface area contributed by atoms with Crippen LogP contribution >= 0.6 is 0 Å². The fourth-order valence-corrected chi connectivity index (χ4v) is 3.90. The molecule has 5 N–H and O–H groups in total. The summed E-state index contributed by atoms with van der Waals surface area (Å²) in [7, 11) is 1.27. The molecule has 2 aromatic carbocycles. The van der Waals surface area contributed by atoms with Crippen LogP contribution in [0.3, 0.4) is 0 Å². The highest BCUT2D eigenvalue weighted by molar-refractivity contribution is 6.06. The third kappa shape index (κ3) is 4.97. The first-order chi connectivity index (χ1) is 16.0. The minimum atomic E-state index is -1.72. The van der Waals surface area contributed by atoms with Gasteiger partial charge < -0.3 is 35.0 Å². The smallest absolute Gasteiger partial charge is 0.202 e. The highest BCUT2D eigenvalue weighted by Gasteiger charge is 2.40. The van der Waals surface area contributed by atoms with Crippen LogP contribution in [-0.2, 0) is 6.42 Å². The van der Waals surface area contributed by atoms with Crippen molar-refractivity contribution in [3.8, 4) is 34.5 Å². The molecule has 1 heterocycles. The van der Waals surface area contributed by atoms with E-state index in [1.807, 2.05) is 26.8 Å². The first-order valence-corrected chi connectivity index (χ1v) is 10.9. The number of carbonyl (C=O) groups is 1. The van der Waals surface area contributed by atoms with Gasteiger partial charge in [-0.1, -0.05) is 23.3 Å². The molecule has 2 atom stereocenters. The van der Waals surface area contributed by atoms with Gasteiger partial charge in [0.05, 0.1) is 7.11 Å². The Morgan fingerprint density at radius 1 is 1.03 bits per heavy atom. The molecule has 1 aliphatic heterocycles. The fraction of sp³-hybridized carbons (Fsp3) is 0.346. The van der Waals surface area contributed by atoms with E-state index >= 15 is 0 Å². The quantitative estimate of drug-likeness (QED) is 0.375. The Bertz CT molecular complexity index is 1130. The predicted octanol–water partition coefficient (Wildman–Crippen LogP) is 4.43. The van der Waals surface area contributed by atoms with E-state index in [0.717, 1.165) is 18.4 Å². The number of rotatable bonds is 7. The highest BCUT2D eigenvalue weighted by atomic mass is 16.5. The van der Waals surface area contributed by atoms with E-state index in [2.05, 4.69) is 6.08 Å². The van der Waals surface area contributed by atoms with Gasteiger partial charge in [-0.2, -0.15) is 0 Å². The van der Waals surface area contributed by atoms with Crippen molar-refractivity contribution in [3.63, 3.8) is 0 Å². The average molecular weight is 471 g/mol. The van der Waals surface area contributed by atoms with Gasteiger partial charge in [0.2, 0.25) is 11.5 Å². The van der Waals surface area contributed by atoms with Gasteiger partial charge in [0.25, 0.3) is 0 Å². The summed E-state index contributed by atoms with van der Waals surface area (Å²) in [5.41, 5.74) is 2.33. The molecule has 0 fully saturated rings. The summed E-state index contributed by atoms with van der Waals surface area (Å²) < 4.78 is 10.6. The first kappa shape index (κ1) is 25.0. The summed E-state index contributed by atoms with van der Waals surface area (Å²) in [6.07, 6.45) is 2.88. The van der Waals surface area contributed by atoms with Crippen molar-refractivity contribution in [3.05, 3.63) is 58.2 Å². The van der Waals surface area contributed by atoms with Gasteiger partial charge in [-0.05, 0) is 52.2 Å². The van der Waals surface area contributed by atoms with Gasteiger partial charge in [-0.3, -0.25) is 4.79 Å². The number of carbonyl (C=O) groups excluding carboxylic acids is 1. The van der Waals surface area contributed by atoms with Crippen LogP contribution in [-0.4, -0.2) is 44.5 Å². The first-order valence-electron chi connectivity index (χ1n) is 10.9. The van der Waals surface area contributed by atoms with Gasteiger partial charge in [0.15, 0.2) is 23.7 Å². The van der Waals surface area contributed by atoms with Crippen LogP contribution < -0.4 is 9.47 Å². The van der Waals surface area contributed by atoms with Crippen LogP contribution in [0.5, 0.6) is 34.5 Å². The lowest BCUT2D eigenvalue weighted by atomic mass is 9.90. The van der Waals surface area contributed by atoms with Gasteiger partial charge >= 0.3 is 0 Å². The molecule has 1 unspecified atom stereocenters. The van der Waals surface area contributed by atoms with Crippen molar-refractivity contribution < 1.29 is 39.8 Å². The zero-order valence-electron chi connectivity index (χ0n) is 19.6. The number of benzene rings is 2. The lowest BCUT2D eigenvalue weighted by molar-refractivity contribution is 0.0208. The number of ketones is 1. The molecule has 0 aromatic heterocycles. The third-order valence-electron chi connectivity index (χ3n) is 5.75. The van der Waals surface area contributed by atoms with Crippen LogP contribution in [0.25, 0.3) is 0 Å². The second kappa shape index (κ2) is 10.1. The topological polar surface area (TPSA) is 137 Å². The lowest BCUT2D eigenvalue weighted by Crippen LogP contribution is -2.36. The maximum absolute atomic E-state index is 13.0. The number of aromatic hydroxyl groups is 4. The number of ether oxygens (including phenoxy) is 2. The largest absolute Gasteiger partial charge is 0.507 e. The molecule has 182 valence electrons. The van der Waals surface area contributed by atoms with Gasteiger partial charge in [0, 0.05) is 17.2 Å². The van der Waals surface area contributed by atoms with Crippen molar-refractivity contribution in [2.24, 2.45) is 0 Å². The van der Waals surface area contributed by atoms with E-state index in [-0.39, 0.29) is 40.4 Å². The van der Waals surface area contributed by atoms with Crippen molar-refractivity contribution >= 4 is 5.78 Å². The molecule has 8 heteroatoms. The summed E-state index contributed by atoms with van der Waals surface area (Å²) >= 11 is 0. The Morgan fingerprint density at radius 2 is 1.68 bits per heavy atom. The van der Waals surface area contributed by atoms with Gasteiger partial charge in [-0.15, -0.1) is 0 Å². The Labute approximate surface area is 198 Å². The molecule has 8 nitrogen and oxygen atoms in total. The van der Waals surface area contributed by atoms with Crippen LogP contribution in [0.15, 0.2) is 41.5 Å². The summed E-state index contributed by atoms with van der Waals surface area (Å²) in [6.45, 7) is 6.01. The molecular weight excluding hydrogens is 440 g/mol. The lowest BCUT2D eigenvalue weighted by Gasteiger charge is -2.31. The average Bonchev–Trinajstić information content (AvgIpc) is 2.75. The monoisotopic (exact) mass is 470 g/mol.